The van der Waals surface area contributed by atoms with Gasteiger partial charge in [0.15, 0.2) is 0 Å². The van der Waals surface area contributed by atoms with Crippen LogP contribution in [0.5, 0.6) is 0 Å². The molecule has 0 spiro atoms. The van der Waals surface area contributed by atoms with Crippen molar-refractivity contribution in [2.45, 2.75) is 0 Å². The predicted molar refractivity (Wildman–Crippen MR) is 90.5 cm³/mol. The highest BCUT2D eigenvalue weighted by Crippen LogP contribution is 2.35. The van der Waals surface area contributed by atoms with Crippen molar-refractivity contribution >= 4 is 31.9 Å². The summed E-state index contributed by atoms with van der Waals surface area (Å²) < 4.78 is 1.98. The molecule has 0 aliphatic heterocycles. The summed E-state index contributed by atoms with van der Waals surface area (Å²) in [6.45, 7) is 0. The first-order chi connectivity index (χ1) is 9.75. The molecular formula is C17H11Br2N. The number of hydrogen-bond acceptors (Lipinski definition) is 1. The zero-order chi connectivity index (χ0) is 13.9. The Morgan fingerprint density at radius 3 is 1.85 bits per heavy atom. The van der Waals surface area contributed by atoms with Crippen molar-refractivity contribution in [2.24, 2.45) is 0 Å². The van der Waals surface area contributed by atoms with Gasteiger partial charge in [0, 0.05) is 15.6 Å². The minimum atomic E-state index is 0.943. The summed E-state index contributed by atoms with van der Waals surface area (Å²) in [4.78, 5) is 4.80. The molecule has 3 aromatic rings. The van der Waals surface area contributed by atoms with E-state index in [1.54, 1.807) is 0 Å². The van der Waals surface area contributed by atoms with Gasteiger partial charge in [0.2, 0.25) is 0 Å². The van der Waals surface area contributed by atoms with Gasteiger partial charge >= 0.3 is 0 Å². The molecule has 20 heavy (non-hydrogen) atoms. The zero-order valence-corrected chi connectivity index (χ0v) is 13.7. The van der Waals surface area contributed by atoms with Crippen molar-refractivity contribution in [3.8, 4) is 22.5 Å². The Labute approximate surface area is 135 Å². The van der Waals surface area contributed by atoms with Gasteiger partial charge in [-0.3, -0.25) is 0 Å². The van der Waals surface area contributed by atoms with Crippen LogP contribution < -0.4 is 0 Å². The Morgan fingerprint density at radius 2 is 1.25 bits per heavy atom. The Bertz CT molecular complexity index is 725. The van der Waals surface area contributed by atoms with Crippen molar-refractivity contribution in [1.29, 1.82) is 0 Å². The van der Waals surface area contributed by atoms with Gasteiger partial charge in [-0.25, -0.2) is 4.98 Å². The van der Waals surface area contributed by atoms with Crippen LogP contribution in [0.25, 0.3) is 22.5 Å². The second kappa shape index (κ2) is 5.90. The van der Waals surface area contributed by atoms with Gasteiger partial charge in [-0.2, -0.15) is 0 Å². The summed E-state index contributed by atoms with van der Waals surface area (Å²) in [6, 6.07) is 22.4. The minimum absolute atomic E-state index is 0.943. The monoisotopic (exact) mass is 387 g/mol. The van der Waals surface area contributed by atoms with E-state index in [4.69, 9.17) is 4.98 Å². The van der Waals surface area contributed by atoms with Crippen LogP contribution >= 0.6 is 31.9 Å². The van der Waals surface area contributed by atoms with Crippen LogP contribution in [0.4, 0.5) is 0 Å². The topological polar surface area (TPSA) is 12.9 Å². The number of rotatable bonds is 2. The number of hydrogen-bond donors (Lipinski definition) is 0. The maximum Gasteiger partial charge on any atom is 0.0862 e. The number of nitrogens with zero attached hydrogens (tertiary/aromatic N) is 1. The average molecular weight is 389 g/mol. The fourth-order valence-corrected chi connectivity index (χ4v) is 2.88. The quantitative estimate of drug-likeness (QED) is 0.529. The first-order valence-electron chi connectivity index (χ1n) is 6.22. The van der Waals surface area contributed by atoms with E-state index >= 15 is 0 Å². The van der Waals surface area contributed by atoms with E-state index in [1.165, 1.54) is 0 Å². The lowest BCUT2D eigenvalue weighted by atomic mass is 10.1. The summed E-state index contributed by atoms with van der Waals surface area (Å²) in [5.74, 6) is 0. The molecule has 2 aromatic carbocycles. The van der Waals surface area contributed by atoms with E-state index in [-0.39, 0.29) is 0 Å². The van der Waals surface area contributed by atoms with Gasteiger partial charge in [0.1, 0.15) is 0 Å². The maximum atomic E-state index is 4.80. The lowest BCUT2D eigenvalue weighted by Crippen LogP contribution is -1.91. The minimum Gasteiger partial charge on any atom is -0.247 e. The molecule has 0 N–H and O–H groups in total. The number of benzene rings is 2. The fourth-order valence-electron chi connectivity index (χ4n) is 2.04. The first kappa shape index (κ1) is 13.5. The first-order valence-corrected chi connectivity index (χ1v) is 7.81. The lowest BCUT2D eigenvalue weighted by molar-refractivity contribution is 1.29. The van der Waals surface area contributed by atoms with Crippen LogP contribution in [-0.4, -0.2) is 4.98 Å². The van der Waals surface area contributed by atoms with Crippen LogP contribution in [0.1, 0.15) is 0 Å². The van der Waals surface area contributed by atoms with Crippen LogP contribution in [0.15, 0.2) is 75.7 Å². The molecule has 0 bridgehead atoms. The third-order valence-corrected chi connectivity index (χ3v) is 4.99. The molecule has 0 unspecified atom stereocenters. The summed E-state index contributed by atoms with van der Waals surface area (Å²) >= 11 is 7.22. The largest absolute Gasteiger partial charge is 0.247 e. The molecule has 0 atom stereocenters. The molecule has 0 aliphatic carbocycles. The molecule has 0 aliphatic rings. The molecule has 0 radical (unpaired) electrons. The van der Waals surface area contributed by atoms with Gasteiger partial charge in [0.05, 0.1) is 15.9 Å². The van der Waals surface area contributed by atoms with Crippen LogP contribution in [0.2, 0.25) is 0 Å². The SMILES string of the molecule is Brc1cc(-c2ccccc2)nc(-c2ccccc2)c1Br. The van der Waals surface area contributed by atoms with E-state index in [0.29, 0.717) is 0 Å². The third kappa shape index (κ3) is 2.69. The van der Waals surface area contributed by atoms with Crippen molar-refractivity contribution in [3.63, 3.8) is 0 Å². The lowest BCUT2D eigenvalue weighted by Gasteiger charge is -2.09. The van der Waals surface area contributed by atoms with Crippen molar-refractivity contribution in [1.82, 2.24) is 4.98 Å². The highest BCUT2D eigenvalue weighted by atomic mass is 79.9. The van der Waals surface area contributed by atoms with Gasteiger partial charge in [0.25, 0.3) is 0 Å². The van der Waals surface area contributed by atoms with Gasteiger partial charge in [-0.1, -0.05) is 60.7 Å². The number of pyridine rings is 1. The Morgan fingerprint density at radius 1 is 0.700 bits per heavy atom. The van der Waals surface area contributed by atoms with Gasteiger partial charge in [-0.05, 0) is 37.9 Å². The second-order valence-electron chi connectivity index (χ2n) is 4.38. The molecule has 0 saturated carbocycles. The number of aromatic nitrogens is 1. The predicted octanol–water partition coefficient (Wildman–Crippen LogP) is 5.94. The van der Waals surface area contributed by atoms with E-state index in [1.807, 2.05) is 42.5 Å². The summed E-state index contributed by atoms with van der Waals surface area (Å²) in [6.07, 6.45) is 0. The normalized spacial score (nSPS) is 10.5. The van der Waals surface area contributed by atoms with Crippen molar-refractivity contribution in [2.75, 3.05) is 0 Å². The zero-order valence-electron chi connectivity index (χ0n) is 10.6. The standard InChI is InChI=1S/C17H11Br2N/c18-14-11-15(12-7-3-1-4-8-12)20-17(16(14)19)13-9-5-2-6-10-13/h1-11H. The molecule has 1 aromatic heterocycles. The van der Waals surface area contributed by atoms with Crippen molar-refractivity contribution in [3.05, 3.63) is 75.7 Å². The molecule has 98 valence electrons. The maximum absolute atomic E-state index is 4.80. The Balaban J connectivity index is 2.19. The molecule has 1 heterocycles. The molecule has 0 fully saturated rings. The Hall–Kier alpha value is -1.45. The third-order valence-electron chi connectivity index (χ3n) is 3.03. The molecule has 0 saturated heterocycles. The fraction of sp³-hybridized carbons (Fsp3) is 0. The second-order valence-corrected chi connectivity index (χ2v) is 6.03. The molecule has 1 nitrogen and oxygen atoms in total. The van der Waals surface area contributed by atoms with E-state index < -0.39 is 0 Å². The van der Waals surface area contributed by atoms with E-state index in [0.717, 1.165) is 31.5 Å². The smallest absolute Gasteiger partial charge is 0.0862 e. The molecule has 3 heteroatoms. The molecule has 3 rings (SSSR count). The van der Waals surface area contributed by atoms with Gasteiger partial charge in [-0.15, -0.1) is 0 Å². The highest BCUT2D eigenvalue weighted by Gasteiger charge is 2.11. The van der Waals surface area contributed by atoms with Crippen LogP contribution in [-0.2, 0) is 0 Å². The highest BCUT2D eigenvalue weighted by molar-refractivity contribution is 9.13. The summed E-state index contributed by atoms with van der Waals surface area (Å²) in [7, 11) is 0. The summed E-state index contributed by atoms with van der Waals surface area (Å²) in [5, 5.41) is 0. The van der Waals surface area contributed by atoms with Crippen LogP contribution in [0, 0.1) is 0 Å². The Kier molecular flexibility index (Phi) is 3.99. The van der Waals surface area contributed by atoms with E-state index in [9.17, 15) is 0 Å². The molecular weight excluding hydrogens is 378 g/mol. The average Bonchev–Trinajstić information content (AvgIpc) is 2.51. The summed E-state index contributed by atoms with van der Waals surface area (Å²) in [5.41, 5.74) is 4.11. The van der Waals surface area contributed by atoms with Crippen LogP contribution in [0.3, 0.4) is 0 Å². The van der Waals surface area contributed by atoms with E-state index in [2.05, 4.69) is 56.1 Å². The van der Waals surface area contributed by atoms with Crippen molar-refractivity contribution < 1.29 is 0 Å². The molecule has 0 amide bonds. The number of halogens is 2. The van der Waals surface area contributed by atoms with Gasteiger partial charge < -0.3 is 0 Å².